The lowest BCUT2D eigenvalue weighted by Gasteiger charge is -2.29. The minimum atomic E-state index is -3.85. The van der Waals surface area contributed by atoms with Gasteiger partial charge in [-0.05, 0) is 19.8 Å². The third-order valence-corrected chi connectivity index (χ3v) is 6.09. The van der Waals surface area contributed by atoms with Gasteiger partial charge in [0, 0.05) is 7.05 Å². The van der Waals surface area contributed by atoms with Crippen LogP contribution >= 0.6 is 0 Å². The first kappa shape index (κ1) is 16.9. The molecule has 0 spiro atoms. The molecule has 1 saturated carbocycles. The predicted octanol–water partition coefficient (Wildman–Crippen LogP) is 0.454. The summed E-state index contributed by atoms with van der Waals surface area (Å²) in [6, 6.07) is -1.17. The highest BCUT2D eigenvalue weighted by Crippen LogP contribution is 2.40. The first-order chi connectivity index (χ1) is 9.16. The number of likely N-dealkylation sites (N-methyl/N-ethyl adjacent to an activating group) is 1. The molecule has 0 aromatic heterocycles. The highest BCUT2D eigenvalue weighted by molar-refractivity contribution is 7.89. The van der Waals surface area contributed by atoms with Crippen molar-refractivity contribution in [2.24, 2.45) is 5.41 Å². The Kier molecular flexibility index (Phi) is 5.15. The Morgan fingerprint density at radius 1 is 1.35 bits per heavy atom. The van der Waals surface area contributed by atoms with Gasteiger partial charge in [-0.25, -0.2) is 8.42 Å². The molecule has 1 atom stereocenters. The standard InChI is InChI=1S/C12H21NO6S/c1-9(10(14)15)13(2)20(17,18)8-12(11(16)19-3)6-4-5-7-12/h9H,4-8H2,1-3H3,(H,14,15). The van der Waals surface area contributed by atoms with Crippen LogP contribution in [0.5, 0.6) is 0 Å². The lowest BCUT2D eigenvalue weighted by molar-refractivity contribution is -0.151. The quantitative estimate of drug-likeness (QED) is 0.715. The van der Waals surface area contributed by atoms with Crippen molar-refractivity contribution in [2.75, 3.05) is 19.9 Å². The zero-order chi connectivity index (χ0) is 15.6. The van der Waals surface area contributed by atoms with Crippen LogP contribution in [0.1, 0.15) is 32.6 Å². The summed E-state index contributed by atoms with van der Waals surface area (Å²) in [5.74, 6) is -2.16. The van der Waals surface area contributed by atoms with Crippen molar-refractivity contribution in [3.63, 3.8) is 0 Å². The molecule has 0 bridgehead atoms. The highest BCUT2D eigenvalue weighted by Gasteiger charge is 2.47. The van der Waals surface area contributed by atoms with E-state index < -0.39 is 39.2 Å². The Hall–Kier alpha value is -1.15. The number of aliphatic carboxylic acids is 1. The molecular weight excluding hydrogens is 286 g/mol. The van der Waals surface area contributed by atoms with E-state index >= 15 is 0 Å². The van der Waals surface area contributed by atoms with E-state index in [-0.39, 0.29) is 0 Å². The molecule has 1 aliphatic carbocycles. The van der Waals surface area contributed by atoms with E-state index in [0.29, 0.717) is 12.8 Å². The summed E-state index contributed by atoms with van der Waals surface area (Å²) in [4.78, 5) is 22.8. The molecule has 1 fully saturated rings. The van der Waals surface area contributed by atoms with Gasteiger partial charge in [0.15, 0.2) is 0 Å². The number of methoxy groups -OCH3 is 1. The SMILES string of the molecule is COC(=O)C1(CS(=O)(=O)N(C)C(C)C(=O)O)CCCC1. The fraction of sp³-hybridized carbons (Fsp3) is 0.833. The second-order valence-corrected chi connectivity index (χ2v) is 7.29. The second-order valence-electron chi connectivity index (χ2n) is 5.27. The number of nitrogens with zero attached hydrogens (tertiary/aromatic N) is 1. The van der Waals surface area contributed by atoms with Crippen LogP contribution < -0.4 is 0 Å². The Balaban J connectivity index is 2.98. The molecule has 20 heavy (non-hydrogen) atoms. The summed E-state index contributed by atoms with van der Waals surface area (Å²) >= 11 is 0. The number of rotatable bonds is 6. The maximum atomic E-state index is 12.3. The first-order valence-corrected chi connectivity index (χ1v) is 8.04. The number of carboxylic acid groups (broad SMARTS) is 1. The molecule has 1 N–H and O–H groups in total. The molecule has 0 aromatic rings. The molecule has 116 valence electrons. The van der Waals surface area contributed by atoms with Crippen molar-refractivity contribution in [2.45, 2.75) is 38.6 Å². The van der Waals surface area contributed by atoms with Crippen LogP contribution in [-0.4, -0.2) is 55.7 Å². The Morgan fingerprint density at radius 3 is 2.25 bits per heavy atom. The summed E-state index contributed by atoms with van der Waals surface area (Å²) in [6.45, 7) is 1.29. The summed E-state index contributed by atoms with van der Waals surface area (Å²) in [5, 5.41) is 8.90. The maximum Gasteiger partial charge on any atom is 0.321 e. The van der Waals surface area contributed by atoms with E-state index in [4.69, 9.17) is 9.84 Å². The van der Waals surface area contributed by atoms with Crippen LogP contribution in [0, 0.1) is 5.41 Å². The maximum absolute atomic E-state index is 12.3. The number of ether oxygens (including phenoxy) is 1. The fourth-order valence-corrected chi connectivity index (χ4v) is 4.40. The van der Waals surface area contributed by atoms with Crippen LogP contribution in [0.4, 0.5) is 0 Å². The smallest absolute Gasteiger partial charge is 0.321 e. The van der Waals surface area contributed by atoms with E-state index in [1.54, 1.807) is 0 Å². The number of carbonyl (C=O) groups is 2. The Bertz CT molecular complexity index is 480. The molecule has 0 saturated heterocycles. The first-order valence-electron chi connectivity index (χ1n) is 6.43. The van der Waals surface area contributed by atoms with Gasteiger partial charge < -0.3 is 9.84 Å². The number of carbonyl (C=O) groups excluding carboxylic acids is 1. The van der Waals surface area contributed by atoms with Gasteiger partial charge in [0.25, 0.3) is 0 Å². The highest BCUT2D eigenvalue weighted by atomic mass is 32.2. The summed E-state index contributed by atoms with van der Waals surface area (Å²) in [7, 11) is -1.40. The van der Waals surface area contributed by atoms with Crippen molar-refractivity contribution < 1.29 is 27.9 Å². The number of sulfonamides is 1. The molecule has 1 rings (SSSR count). The number of esters is 1. The molecule has 0 aromatic carbocycles. The molecule has 0 aliphatic heterocycles. The zero-order valence-electron chi connectivity index (χ0n) is 12.0. The lowest BCUT2D eigenvalue weighted by atomic mass is 9.89. The summed E-state index contributed by atoms with van der Waals surface area (Å²) < 4.78 is 30.2. The molecular formula is C12H21NO6S. The van der Waals surface area contributed by atoms with E-state index in [9.17, 15) is 18.0 Å². The molecule has 8 heteroatoms. The van der Waals surface area contributed by atoms with Crippen molar-refractivity contribution in [1.82, 2.24) is 4.31 Å². The molecule has 0 heterocycles. The van der Waals surface area contributed by atoms with Crippen LogP contribution in [0.25, 0.3) is 0 Å². The van der Waals surface area contributed by atoms with Gasteiger partial charge in [0.1, 0.15) is 6.04 Å². The van der Waals surface area contributed by atoms with Crippen LogP contribution in [0.2, 0.25) is 0 Å². The van der Waals surface area contributed by atoms with E-state index in [1.807, 2.05) is 0 Å². The average Bonchev–Trinajstić information content (AvgIpc) is 2.84. The van der Waals surface area contributed by atoms with Gasteiger partial charge >= 0.3 is 11.9 Å². The van der Waals surface area contributed by atoms with Crippen LogP contribution in [0.15, 0.2) is 0 Å². The zero-order valence-corrected chi connectivity index (χ0v) is 12.8. The predicted molar refractivity (Wildman–Crippen MR) is 71.6 cm³/mol. The average molecular weight is 307 g/mol. The molecule has 1 unspecified atom stereocenters. The molecule has 0 amide bonds. The third-order valence-electron chi connectivity index (χ3n) is 3.98. The summed E-state index contributed by atoms with van der Waals surface area (Å²) in [5.41, 5.74) is -1.04. The lowest BCUT2D eigenvalue weighted by Crippen LogP contribution is -2.46. The largest absolute Gasteiger partial charge is 0.480 e. The topological polar surface area (TPSA) is 101 Å². The molecule has 7 nitrogen and oxygen atoms in total. The number of hydrogen-bond acceptors (Lipinski definition) is 5. The van der Waals surface area contributed by atoms with Crippen molar-refractivity contribution >= 4 is 22.0 Å². The third kappa shape index (κ3) is 3.29. The molecule has 1 aliphatic rings. The number of carboxylic acids is 1. The van der Waals surface area contributed by atoms with Gasteiger partial charge in [0.2, 0.25) is 10.0 Å². The van der Waals surface area contributed by atoms with Crippen molar-refractivity contribution in [3.05, 3.63) is 0 Å². The van der Waals surface area contributed by atoms with Crippen LogP contribution in [-0.2, 0) is 24.3 Å². The van der Waals surface area contributed by atoms with Crippen LogP contribution in [0.3, 0.4) is 0 Å². The van der Waals surface area contributed by atoms with Gasteiger partial charge in [-0.1, -0.05) is 12.8 Å². The van der Waals surface area contributed by atoms with Crippen molar-refractivity contribution in [1.29, 1.82) is 0 Å². The monoisotopic (exact) mass is 307 g/mol. The van der Waals surface area contributed by atoms with E-state index in [0.717, 1.165) is 17.1 Å². The Labute approximate surface area is 118 Å². The normalized spacial score (nSPS) is 19.8. The minimum absolute atomic E-state index is 0.402. The van der Waals surface area contributed by atoms with Gasteiger partial charge in [-0.15, -0.1) is 0 Å². The molecule has 0 radical (unpaired) electrons. The Morgan fingerprint density at radius 2 is 1.85 bits per heavy atom. The number of hydrogen-bond donors (Lipinski definition) is 1. The van der Waals surface area contributed by atoms with E-state index in [2.05, 4.69) is 0 Å². The summed E-state index contributed by atoms with van der Waals surface area (Å²) in [6.07, 6.45) is 2.44. The van der Waals surface area contributed by atoms with E-state index in [1.165, 1.54) is 21.1 Å². The van der Waals surface area contributed by atoms with Gasteiger partial charge in [-0.3, -0.25) is 9.59 Å². The van der Waals surface area contributed by atoms with Gasteiger partial charge in [0.05, 0.1) is 18.3 Å². The fourth-order valence-electron chi connectivity index (χ4n) is 2.52. The minimum Gasteiger partial charge on any atom is -0.480 e. The van der Waals surface area contributed by atoms with Crippen molar-refractivity contribution in [3.8, 4) is 0 Å². The second kappa shape index (κ2) is 6.09. The van der Waals surface area contributed by atoms with Gasteiger partial charge in [-0.2, -0.15) is 4.31 Å².